The number of nitrogens with zero attached hydrogens (tertiary/aromatic N) is 1. The van der Waals surface area contributed by atoms with Crippen molar-refractivity contribution in [3.05, 3.63) is 20.8 Å². The van der Waals surface area contributed by atoms with Crippen molar-refractivity contribution in [3.63, 3.8) is 0 Å². The Balaban J connectivity index is 2.11. The molecule has 1 aliphatic heterocycles. The molecule has 2 N–H and O–H groups in total. The Bertz CT molecular complexity index is 392. The van der Waals surface area contributed by atoms with Crippen molar-refractivity contribution in [2.75, 3.05) is 25.4 Å². The maximum absolute atomic E-state index is 6.02. The number of halogens is 1. The van der Waals surface area contributed by atoms with E-state index in [1.165, 1.54) is 21.5 Å². The number of rotatable bonds is 3. The lowest BCUT2D eigenvalue weighted by Crippen LogP contribution is -2.35. The number of thiophene rings is 1. The van der Waals surface area contributed by atoms with E-state index in [0.717, 1.165) is 13.1 Å². The first-order valence-corrected chi connectivity index (χ1v) is 9.00. The van der Waals surface area contributed by atoms with Gasteiger partial charge in [-0.1, -0.05) is 13.8 Å². The molecule has 1 atom stereocenters. The number of nitrogens with two attached hydrogens (primary N) is 1. The molecule has 1 fully saturated rings. The van der Waals surface area contributed by atoms with Gasteiger partial charge >= 0.3 is 0 Å². The lowest BCUT2D eigenvalue weighted by Gasteiger charge is -2.29. The molecule has 1 aromatic heterocycles. The van der Waals surface area contributed by atoms with Crippen molar-refractivity contribution in [2.45, 2.75) is 31.1 Å². The van der Waals surface area contributed by atoms with Gasteiger partial charge in [0.2, 0.25) is 0 Å². The lowest BCUT2D eigenvalue weighted by molar-refractivity contribution is 0.213. The summed E-state index contributed by atoms with van der Waals surface area (Å²) in [6.07, 6.45) is 1.23. The van der Waals surface area contributed by atoms with Crippen molar-refractivity contribution < 1.29 is 0 Å². The van der Waals surface area contributed by atoms with E-state index in [9.17, 15) is 0 Å². The fourth-order valence-corrected chi connectivity index (χ4v) is 5.21. The van der Waals surface area contributed by atoms with Crippen LogP contribution in [0.5, 0.6) is 0 Å². The van der Waals surface area contributed by atoms with E-state index in [4.69, 9.17) is 5.73 Å². The molecule has 102 valence electrons. The van der Waals surface area contributed by atoms with Gasteiger partial charge in [-0.05, 0) is 33.8 Å². The molecule has 2 heterocycles. The highest BCUT2D eigenvalue weighted by Crippen LogP contribution is 2.36. The molecule has 1 saturated heterocycles. The average Bonchev–Trinajstić information content (AvgIpc) is 2.64. The molecule has 0 spiro atoms. The summed E-state index contributed by atoms with van der Waals surface area (Å²) < 4.78 is 1.61. The van der Waals surface area contributed by atoms with Crippen LogP contribution in [0, 0.1) is 0 Å². The zero-order valence-corrected chi connectivity index (χ0v) is 14.2. The van der Waals surface area contributed by atoms with Gasteiger partial charge < -0.3 is 5.73 Å². The summed E-state index contributed by atoms with van der Waals surface area (Å²) in [5.74, 6) is 1.20. The fourth-order valence-electron chi connectivity index (χ4n) is 2.31. The molecule has 0 aromatic carbocycles. The Labute approximate surface area is 126 Å². The predicted octanol–water partition coefficient (Wildman–Crippen LogP) is 3.73. The van der Waals surface area contributed by atoms with E-state index in [1.54, 1.807) is 0 Å². The average molecular weight is 349 g/mol. The first-order valence-electron chi connectivity index (χ1n) is 6.34. The standard InChI is InChI=1S/C13H21BrN2S2/c1-13(2)4-5-16(6-8-18-13)11(9-15)12-10(14)3-7-17-12/h3,7,11H,4-6,8-9,15H2,1-2H3. The molecule has 1 aliphatic rings. The van der Waals surface area contributed by atoms with Crippen LogP contribution in [0.4, 0.5) is 0 Å². The van der Waals surface area contributed by atoms with Gasteiger partial charge in [0.1, 0.15) is 0 Å². The molecule has 5 heteroatoms. The van der Waals surface area contributed by atoms with Gasteiger partial charge in [-0.15, -0.1) is 11.3 Å². The first kappa shape index (κ1) is 14.9. The van der Waals surface area contributed by atoms with Crippen LogP contribution in [-0.4, -0.2) is 35.0 Å². The summed E-state index contributed by atoms with van der Waals surface area (Å²) in [7, 11) is 0. The minimum absolute atomic E-state index is 0.369. The SMILES string of the molecule is CC1(C)CCN(C(CN)c2sccc2Br)CCS1. The van der Waals surface area contributed by atoms with Crippen LogP contribution in [0.25, 0.3) is 0 Å². The highest BCUT2D eigenvalue weighted by Gasteiger charge is 2.28. The van der Waals surface area contributed by atoms with Crippen LogP contribution < -0.4 is 5.73 Å². The lowest BCUT2D eigenvalue weighted by atomic mass is 10.1. The van der Waals surface area contributed by atoms with Crippen LogP contribution in [0.1, 0.15) is 31.2 Å². The third-order valence-corrected chi connectivity index (χ3v) is 6.83. The second-order valence-electron chi connectivity index (χ2n) is 5.28. The van der Waals surface area contributed by atoms with Crippen molar-refractivity contribution in [3.8, 4) is 0 Å². The molecular weight excluding hydrogens is 328 g/mol. The maximum Gasteiger partial charge on any atom is 0.0576 e. The molecule has 0 saturated carbocycles. The predicted molar refractivity (Wildman–Crippen MR) is 86.5 cm³/mol. The monoisotopic (exact) mass is 348 g/mol. The highest BCUT2D eigenvalue weighted by atomic mass is 79.9. The Morgan fingerprint density at radius 3 is 2.89 bits per heavy atom. The molecule has 0 amide bonds. The van der Waals surface area contributed by atoms with Crippen molar-refractivity contribution in [2.24, 2.45) is 5.73 Å². The van der Waals surface area contributed by atoms with E-state index < -0.39 is 0 Å². The van der Waals surface area contributed by atoms with Crippen LogP contribution in [0.15, 0.2) is 15.9 Å². The second-order valence-corrected chi connectivity index (χ2v) is 8.88. The Hall–Kier alpha value is 0.450. The molecule has 0 bridgehead atoms. The van der Waals surface area contributed by atoms with Gasteiger partial charge in [-0.3, -0.25) is 4.90 Å². The minimum Gasteiger partial charge on any atom is -0.329 e. The van der Waals surface area contributed by atoms with Gasteiger partial charge in [-0.25, -0.2) is 0 Å². The summed E-state index contributed by atoms with van der Waals surface area (Å²) >= 11 is 7.53. The molecule has 2 rings (SSSR count). The molecule has 18 heavy (non-hydrogen) atoms. The highest BCUT2D eigenvalue weighted by molar-refractivity contribution is 9.10. The number of hydrogen-bond donors (Lipinski definition) is 1. The van der Waals surface area contributed by atoms with Gasteiger partial charge in [0, 0.05) is 39.5 Å². The maximum atomic E-state index is 6.02. The Morgan fingerprint density at radius 2 is 2.28 bits per heavy atom. The minimum atomic E-state index is 0.369. The zero-order valence-electron chi connectivity index (χ0n) is 11.0. The normalized spacial score (nSPS) is 22.7. The van der Waals surface area contributed by atoms with Crippen molar-refractivity contribution >= 4 is 39.0 Å². The number of hydrogen-bond acceptors (Lipinski definition) is 4. The van der Waals surface area contributed by atoms with E-state index in [0.29, 0.717) is 17.3 Å². The van der Waals surface area contributed by atoms with Crippen LogP contribution in [-0.2, 0) is 0 Å². The topological polar surface area (TPSA) is 29.3 Å². The summed E-state index contributed by atoms with van der Waals surface area (Å²) in [4.78, 5) is 3.93. The number of thioether (sulfide) groups is 1. The van der Waals surface area contributed by atoms with Gasteiger partial charge in [-0.2, -0.15) is 11.8 Å². The summed E-state index contributed by atoms with van der Waals surface area (Å²) in [6, 6.07) is 2.49. The molecular formula is C13H21BrN2S2. The summed E-state index contributed by atoms with van der Waals surface area (Å²) in [5, 5.41) is 2.14. The second kappa shape index (κ2) is 6.27. The van der Waals surface area contributed by atoms with Crippen LogP contribution in [0.2, 0.25) is 0 Å². The van der Waals surface area contributed by atoms with Crippen LogP contribution >= 0.6 is 39.0 Å². The molecule has 0 aliphatic carbocycles. The molecule has 0 radical (unpaired) electrons. The Morgan fingerprint density at radius 1 is 1.50 bits per heavy atom. The quantitative estimate of drug-likeness (QED) is 0.902. The smallest absolute Gasteiger partial charge is 0.0576 e. The van der Waals surface area contributed by atoms with Gasteiger partial charge in [0.25, 0.3) is 0 Å². The van der Waals surface area contributed by atoms with Gasteiger partial charge in [0.15, 0.2) is 0 Å². The summed E-state index contributed by atoms with van der Waals surface area (Å²) in [6.45, 7) is 7.68. The Kier molecular flexibility index (Phi) is 5.17. The fraction of sp³-hybridized carbons (Fsp3) is 0.692. The van der Waals surface area contributed by atoms with Crippen molar-refractivity contribution in [1.29, 1.82) is 0 Å². The zero-order chi connectivity index (χ0) is 13.2. The largest absolute Gasteiger partial charge is 0.329 e. The van der Waals surface area contributed by atoms with E-state index in [2.05, 4.69) is 57.9 Å². The first-order chi connectivity index (χ1) is 8.53. The van der Waals surface area contributed by atoms with E-state index >= 15 is 0 Å². The van der Waals surface area contributed by atoms with E-state index in [-0.39, 0.29) is 0 Å². The van der Waals surface area contributed by atoms with E-state index in [1.807, 2.05) is 11.3 Å². The van der Waals surface area contributed by atoms with Gasteiger partial charge in [0.05, 0.1) is 6.04 Å². The summed E-state index contributed by atoms with van der Waals surface area (Å²) in [5.41, 5.74) is 6.02. The molecule has 1 unspecified atom stereocenters. The third kappa shape index (κ3) is 3.51. The third-order valence-electron chi connectivity index (χ3n) is 3.48. The molecule has 1 aromatic rings. The van der Waals surface area contributed by atoms with Crippen LogP contribution in [0.3, 0.4) is 0 Å². The van der Waals surface area contributed by atoms with Crippen molar-refractivity contribution in [1.82, 2.24) is 4.90 Å². The molecule has 2 nitrogen and oxygen atoms in total.